The van der Waals surface area contributed by atoms with Gasteiger partial charge in [-0.3, -0.25) is 24.6 Å². The van der Waals surface area contributed by atoms with Gasteiger partial charge in [-0.05, 0) is 37.4 Å². The van der Waals surface area contributed by atoms with E-state index in [0.717, 1.165) is 29.4 Å². The molecule has 0 radical (unpaired) electrons. The van der Waals surface area contributed by atoms with Crippen LogP contribution in [-0.2, 0) is 41.7 Å². The van der Waals surface area contributed by atoms with E-state index >= 15 is 0 Å². The number of nitrogens with zero attached hydrogens (tertiary/aromatic N) is 2. The average molecular weight is 673 g/mol. The zero-order valence-electron chi connectivity index (χ0n) is 29.2. The smallest absolute Gasteiger partial charge is 0.303 e. The zero-order valence-corrected chi connectivity index (χ0v) is 29.2. The monoisotopic (exact) mass is 672 g/mol. The fourth-order valence-corrected chi connectivity index (χ4v) is 5.29. The van der Waals surface area contributed by atoms with Crippen molar-refractivity contribution in [3.8, 4) is 0 Å². The second-order valence-electron chi connectivity index (χ2n) is 12.0. The Morgan fingerprint density at radius 3 is 2.23 bits per heavy atom. The van der Waals surface area contributed by atoms with E-state index in [1.165, 1.54) is 32.0 Å². The molecule has 14 heteroatoms. The van der Waals surface area contributed by atoms with Crippen LogP contribution in [-0.4, -0.2) is 106 Å². The van der Waals surface area contributed by atoms with Gasteiger partial charge in [-0.1, -0.05) is 56.6 Å². The number of para-hydroxylation sites is 1. The Hall–Kier alpha value is -3.46. The minimum absolute atomic E-state index is 0.0259. The molecule has 2 aromatic rings. The van der Waals surface area contributed by atoms with Crippen LogP contribution >= 0.6 is 0 Å². The molecule has 5 N–H and O–H groups in total. The first-order chi connectivity index (χ1) is 23.2. The van der Waals surface area contributed by atoms with Crippen molar-refractivity contribution >= 4 is 42.4 Å². The van der Waals surface area contributed by atoms with Crippen molar-refractivity contribution < 1.29 is 33.8 Å². The van der Waals surface area contributed by atoms with Crippen LogP contribution < -0.4 is 21.4 Å². The van der Waals surface area contributed by atoms with Gasteiger partial charge in [0.25, 0.3) is 0 Å². The molecule has 3 amide bonds. The number of rotatable bonds is 28. The maximum absolute atomic E-state index is 12.9. The number of aromatic nitrogens is 1. The summed E-state index contributed by atoms with van der Waals surface area (Å²) in [6, 6.07) is 9.07. The summed E-state index contributed by atoms with van der Waals surface area (Å²) >= 11 is 0. The van der Waals surface area contributed by atoms with Crippen LogP contribution in [0.2, 0.25) is 6.32 Å². The van der Waals surface area contributed by atoms with Gasteiger partial charge in [-0.2, -0.15) is 0 Å². The van der Waals surface area contributed by atoms with E-state index in [1.807, 2.05) is 43.4 Å². The van der Waals surface area contributed by atoms with E-state index in [-0.39, 0.29) is 44.2 Å². The number of fused-ring (bicyclic) bond motifs is 1. The first-order valence-corrected chi connectivity index (χ1v) is 17.4. The van der Waals surface area contributed by atoms with Crippen molar-refractivity contribution in [3.63, 3.8) is 0 Å². The molecule has 1 heterocycles. The fraction of sp³-hybridized carbons (Fsp3) is 0.647. The number of hydrogen-bond acceptors (Lipinski definition) is 8. The largest absolute Gasteiger partial charge is 0.481 e. The van der Waals surface area contributed by atoms with Crippen LogP contribution in [0.4, 0.5) is 0 Å². The van der Waals surface area contributed by atoms with Gasteiger partial charge in [-0.25, -0.2) is 5.01 Å². The molecule has 0 aliphatic rings. The van der Waals surface area contributed by atoms with Crippen molar-refractivity contribution in [2.75, 3.05) is 53.6 Å². The molecular weight excluding hydrogens is 615 g/mol. The molecule has 0 fully saturated rings. The summed E-state index contributed by atoms with van der Waals surface area (Å²) in [5, 5.41) is 20.5. The van der Waals surface area contributed by atoms with Gasteiger partial charge in [0.2, 0.25) is 17.7 Å². The number of aliphatic carboxylic acids is 1. The number of aryl methyl sites for hydroxylation is 1. The maximum atomic E-state index is 12.9. The van der Waals surface area contributed by atoms with Gasteiger partial charge in [0.15, 0.2) is 0 Å². The van der Waals surface area contributed by atoms with Crippen molar-refractivity contribution in [1.82, 2.24) is 31.0 Å². The van der Waals surface area contributed by atoms with Crippen molar-refractivity contribution in [3.05, 3.63) is 36.0 Å². The van der Waals surface area contributed by atoms with E-state index in [1.54, 1.807) is 0 Å². The van der Waals surface area contributed by atoms with Gasteiger partial charge in [0.05, 0.1) is 33.0 Å². The molecule has 0 aliphatic carbocycles. The molecule has 0 bridgehead atoms. The molecular formula is C34H57BN6O7. The van der Waals surface area contributed by atoms with Crippen molar-refractivity contribution in [1.29, 1.82) is 0 Å². The molecule has 1 aromatic heterocycles. The van der Waals surface area contributed by atoms with Gasteiger partial charge in [-0.15, -0.1) is 0 Å². The summed E-state index contributed by atoms with van der Waals surface area (Å²) < 4.78 is 13.1. The Labute approximate surface area is 286 Å². The van der Waals surface area contributed by atoms with Gasteiger partial charge in [0, 0.05) is 57.2 Å². The molecule has 0 saturated carbocycles. The number of amides is 3. The quantitative estimate of drug-likeness (QED) is 0.0517. The zero-order chi connectivity index (χ0) is 35.0. The Morgan fingerprint density at radius 2 is 1.54 bits per heavy atom. The first-order valence-electron chi connectivity index (χ1n) is 17.4. The fourth-order valence-electron chi connectivity index (χ4n) is 5.29. The van der Waals surface area contributed by atoms with Crippen LogP contribution in [0.1, 0.15) is 69.9 Å². The van der Waals surface area contributed by atoms with Crippen molar-refractivity contribution in [2.24, 2.45) is 0 Å². The van der Waals surface area contributed by atoms with E-state index < -0.39 is 17.9 Å². The lowest BCUT2D eigenvalue weighted by atomic mass is 9.98. The summed E-state index contributed by atoms with van der Waals surface area (Å²) in [6.07, 6.45) is 8.62. The van der Waals surface area contributed by atoms with E-state index in [2.05, 4.69) is 39.9 Å². The van der Waals surface area contributed by atoms with Crippen LogP contribution in [0.3, 0.4) is 0 Å². The number of hydrogen-bond donors (Lipinski definition) is 5. The number of carbonyl (C=O) groups excluding carboxylic acids is 3. The highest BCUT2D eigenvalue weighted by molar-refractivity contribution is 6.08. The van der Waals surface area contributed by atoms with Gasteiger partial charge in [0.1, 0.15) is 13.9 Å². The number of benzene rings is 1. The Balaban J connectivity index is 1.65. The van der Waals surface area contributed by atoms with E-state index in [9.17, 15) is 24.3 Å². The normalized spacial score (nSPS) is 11.9. The first kappa shape index (κ1) is 40.7. The highest BCUT2D eigenvalue weighted by Gasteiger charge is 2.22. The van der Waals surface area contributed by atoms with Crippen LogP contribution in [0.15, 0.2) is 30.3 Å². The minimum atomic E-state index is -1.05. The third-order valence-electron chi connectivity index (χ3n) is 8.03. The number of nitrogens with one attached hydrogen (secondary N) is 4. The van der Waals surface area contributed by atoms with Gasteiger partial charge >= 0.3 is 5.97 Å². The second-order valence-corrected chi connectivity index (χ2v) is 12.0. The lowest BCUT2D eigenvalue weighted by Gasteiger charge is -2.19. The minimum Gasteiger partial charge on any atom is -0.481 e. The topological polar surface area (TPSA) is 163 Å². The van der Waals surface area contributed by atoms with Crippen LogP contribution in [0.5, 0.6) is 0 Å². The number of ether oxygens (including phenoxy) is 2. The summed E-state index contributed by atoms with van der Waals surface area (Å²) in [5.74, 6) is -1.79. The Morgan fingerprint density at radius 1 is 0.875 bits per heavy atom. The number of carbonyl (C=O) groups is 4. The van der Waals surface area contributed by atoms with Crippen molar-refractivity contribution in [2.45, 2.75) is 89.7 Å². The number of unbranched alkanes of at least 4 members (excludes halogenated alkanes) is 5. The maximum Gasteiger partial charge on any atom is 0.303 e. The molecule has 13 nitrogen and oxygen atoms in total. The summed E-state index contributed by atoms with van der Waals surface area (Å²) in [4.78, 5) is 48.9. The Kier molecular flexibility index (Phi) is 20.9. The molecule has 48 heavy (non-hydrogen) atoms. The predicted octanol–water partition coefficient (Wildman–Crippen LogP) is 1.99. The number of carboxylic acids is 1. The van der Waals surface area contributed by atoms with Crippen LogP contribution in [0, 0.1) is 0 Å². The third-order valence-corrected chi connectivity index (χ3v) is 8.03. The standard InChI is InChI=1S/C34H57BN6O7/c1-36-40(2)26-28-25-27-11-8-9-12-30(27)41(28)20-16-32(43)39-29(14-15-33(44)45)34(46)38-19-22-48-24-23-47-21-18-37-31(42)13-7-5-3-4-6-10-17-35/h8-9,11-12,25,29,36H,3-7,10,13-24,26,35H2,1-2H3,(H,37,42)(H,38,46)(H,39,43)(H,44,45)/t29-/m0/s1. The molecule has 1 atom stereocenters. The molecule has 0 aliphatic heterocycles. The summed E-state index contributed by atoms with van der Waals surface area (Å²) in [7, 11) is 5.98. The highest BCUT2D eigenvalue weighted by Crippen LogP contribution is 2.21. The molecule has 2 rings (SSSR count). The molecule has 0 spiro atoms. The Bertz CT molecular complexity index is 1240. The molecule has 0 saturated heterocycles. The lowest BCUT2D eigenvalue weighted by molar-refractivity contribution is -0.138. The van der Waals surface area contributed by atoms with E-state index in [0.29, 0.717) is 45.9 Å². The van der Waals surface area contributed by atoms with Crippen LogP contribution in [0.25, 0.3) is 10.9 Å². The summed E-state index contributed by atoms with van der Waals surface area (Å²) in [5.41, 5.74) is 5.13. The lowest BCUT2D eigenvalue weighted by Crippen LogP contribution is -2.47. The third kappa shape index (κ3) is 17.1. The molecule has 268 valence electrons. The molecule has 0 unspecified atom stereocenters. The predicted molar refractivity (Wildman–Crippen MR) is 189 cm³/mol. The average Bonchev–Trinajstić information content (AvgIpc) is 3.42. The number of hydrazine groups is 1. The summed E-state index contributed by atoms with van der Waals surface area (Å²) in [6.45, 7) is 2.97. The molecule has 1 aromatic carbocycles. The number of carboxylic acid groups (broad SMARTS) is 1. The van der Waals surface area contributed by atoms with Gasteiger partial charge < -0.3 is 35.1 Å². The van der Waals surface area contributed by atoms with E-state index in [4.69, 9.17) is 9.47 Å². The SMILES string of the molecule is BCCCCCCCCC(=O)NCCOCCOCCNC(=O)[C@H](CCC(=O)O)NC(=O)CCn1c(CN(C)NC)cc2ccccc21. The second kappa shape index (κ2) is 24.7. The highest BCUT2D eigenvalue weighted by atomic mass is 16.5.